The van der Waals surface area contributed by atoms with Gasteiger partial charge in [-0.3, -0.25) is 4.79 Å². The number of phenols is 1. The van der Waals surface area contributed by atoms with Crippen LogP contribution in [0.4, 0.5) is 4.39 Å². The first-order chi connectivity index (χ1) is 14.9. The molecule has 1 saturated heterocycles. The molecule has 1 aromatic heterocycles. The van der Waals surface area contributed by atoms with E-state index in [1.54, 1.807) is 25.1 Å². The fraction of sp³-hybridized carbons (Fsp3) is 0.400. The minimum Gasteiger partial charge on any atom is -0.508 e. The van der Waals surface area contributed by atoms with E-state index in [4.69, 9.17) is 4.74 Å². The number of carboxylic acids is 1. The van der Waals surface area contributed by atoms with Gasteiger partial charge >= 0.3 is 5.97 Å². The van der Waals surface area contributed by atoms with Gasteiger partial charge in [0, 0.05) is 35.9 Å². The molecule has 2 fully saturated rings. The van der Waals surface area contributed by atoms with Gasteiger partial charge in [0.05, 0.1) is 11.4 Å². The number of hydrogen-bond acceptors (Lipinski definition) is 3. The Morgan fingerprint density at radius 3 is 2.52 bits per heavy atom. The quantitative estimate of drug-likeness (QED) is 0.601. The highest BCUT2D eigenvalue weighted by molar-refractivity contribution is 5.90. The summed E-state index contributed by atoms with van der Waals surface area (Å²) in [5.41, 5.74) is 4.71. The van der Waals surface area contributed by atoms with Gasteiger partial charge in [0.15, 0.2) is 0 Å². The first-order valence-electron chi connectivity index (χ1n) is 10.9. The van der Waals surface area contributed by atoms with Gasteiger partial charge in [0.2, 0.25) is 0 Å². The number of aryl methyl sites for hydroxylation is 1. The Morgan fingerprint density at radius 2 is 1.84 bits per heavy atom. The molecule has 1 aliphatic carbocycles. The molecule has 1 saturated carbocycles. The predicted molar refractivity (Wildman–Crippen MR) is 116 cm³/mol. The lowest BCUT2D eigenvalue weighted by Crippen LogP contribution is -2.30. The van der Waals surface area contributed by atoms with Crippen LogP contribution in [0.3, 0.4) is 0 Å². The molecule has 0 unspecified atom stereocenters. The Labute approximate surface area is 180 Å². The van der Waals surface area contributed by atoms with E-state index in [0.29, 0.717) is 31.6 Å². The lowest BCUT2D eigenvalue weighted by atomic mass is 9.69. The summed E-state index contributed by atoms with van der Waals surface area (Å²) in [6, 6.07) is 10.5. The van der Waals surface area contributed by atoms with Crippen molar-refractivity contribution in [2.75, 3.05) is 13.2 Å². The second kappa shape index (κ2) is 7.68. The van der Waals surface area contributed by atoms with Crippen LogP contribution in [0.25, 0.3) is 16.6 Å². The van der Waals surface area contributed by atoms with E-state index in [0.717, 1.165) is 40.7 Å². The Balaban J connectivity index is 1.76. The van der Waals surface area contributed by atoms with Crippen molar-refractivity contribution in [2.45, 2.75) is 44.4 Å². The van der Waals surface area contributed by atoms with Crippen molar-refractivity contribution in [3.63, 3.8) is 0 Å². The lowest BCUT2D eigenvalue weighted by Gasteiger charge is -2.35. The zero-order valence-electron chi connectivity index (χ0n) is 17.5. The average molecular weight is 423 g/mol. The minimum atomic E-state index is -0.746. The summed E-state index contributed by atoms with van der Waals surface area (Å²) < 4.78 is 21.8. The van der Waals surface area contributed by atoms with Crippen molar-refractivity contribution in [3.05, 3.63) is 59.0 Å². The van der Waals surface area contributed by atoms with Crippen LogP contribution in [0.2, 0.25) is 0 Å². The van der Waals surface area contributed by atoms with Gasteiger partial charge in [-0.1, -0.05) is 0 Å². The fourth-order valence-electron chi connectivity index (χ4n) is 5.23. The molecule has 0 amide bonds. The molecular weight excluding hydrogens is 397 g/mol. The SMILES string of the molecule is Cc1cc(-n2c(C3CCOCC3)c(C3CC(C(=O)O)C3)c3cc(O)ccc32)ccc1F. The maximum atomic E-state index is 14.0. The summed E-state index contributed by atoms with van der Waals surface area (Å²) in [4.78, 5) is 11.5. The molecule has 0 bridgehead atoms. The molecule has 31 heavy (non-hydrogen) atoms. The van der Waals surface area contributed by atoms with Crippen molar-refractivity contribution in [2.24, 2.45) is 5.92 Å². The van der Waals surface area contributed by atoms with Crippen LogP contribution >= 0.6 is 0 Å². The van der Waals surface area contributed by atoms with Crippen LogP contribution in [-0.4, -0.2) is 34.0 Å². The number of aromatic nitrogens is 1. The van der Waals surface area contributed by atoms with Crippen molar-refractivity contribution in [1.29, 1.82) is 0 Å². The van der Waals surface area contributed by atoms with Crippen LogP contribution in [0, 0.1) is 18.7 Å². The Morgan fingerprint density at radius 1 is 1.10 bits per heavy atom. The second-order valence-corrected chi connectivity index (χ2v) is 8.86. The molecule has 6 heteroatoms. The number of hydrogen-bond donors (Lipinski definition) is 2. The van der Waals surface area contributed by atoms with Crippen LogP contribution in [0.5, 0.6) is 5.75 Å². The lowest BCUT2D eigenvalue weighted by molar-refractivity contribution is -0.145. The van der Waals surface area contributed by atoms with E-state index >= 15 is 0 Å². The van der Waals surface area contributed by atoms with Crippen molar-refractivity contribution in [3.8, 4) is 11.4 Å². The van der Waals surface area contributed by atoms with Crippen molar-refractivity contribution < 1.29 is 24.1 Å². The van der Waals surface area contributed by atoms with Crippen molar-refractivity contribution in [1.82, 2.24) is 4.57 Å². The van der Waals surface area contributed by atoms with E-state index in [1.165, 1.54) is 6.07 Å². The zero-order valence-corrected chi connectivity index (χ0v) is 17.5. The van der Waals surface area contributed by atoms with Crippen LogP contribution in [0.1, 0.15) is 54.3 Å². The molecule has 5 rings (SSSR count). The van der Waals surface area contributed by atoms with Gasteiger partial charge in [-0.05, 0) is 86.1 Å². The number of carboxylic acid groups (broad SMARTS) is 1. The number of aliphatic carboxylic acids is 1. The summed E-state index contributed by atoms with van der Waals surface area (Å²) in [5, 5.41) is 20.6. The van der Waals surface area contributed by atoms with E-state index in [2.05, 4.69) is 4.57 Å². The summed E-state index contributed by atoms with van der Waals surface area (Å²) in [7, 11) is 0. The fourth-order valence-corrected chi connectivity index (χ4v) is 5.23. The van der Waals surface area contributed by atoms with Crippen LogP contribution < -0.4 is 0 Å². The molecule has 5 nitrogen and oxygen atoms in total. The molecule has 2 aromatic carbocycles. The highest BCUT2D eigenvalue weighted by Gasteiger charge is 2.40. The third-order valence-electron chi connectivity index (χ3n) is 6.93. The number of rotatable bonds is 4. The maximum absolute atomic E-state index is 14.0. The molecule has 0 atom stereocenters. The number of ether oxygens (including phenoxy) is 1. The van der Waals surface area contributed by atoms with Gasteiger partial charge in [-0.25, -0.2) is 4.39 Å². The number of fused-ring (bicyclic) bond motifs is 1. The van der Waals surface area contributed by atoms with Crippen LogP contribution in [-0.2, 0) is 9.53 Å². The van der Waals surface area contributed by atoms with Crippen molar-refractivity contribution >= 4 is 16.9 Å². The summed E-state index contributed by atoms with van der Waals surface area (Å²) in [6.07, 6.45) is 2.96. The van der Waals surface area contributed by atoms with Gasteiger partial charge in [0.1, 0.15) is 11.6 Å². The minimum absolute atomic E-state index is 0.131. The predicted octanol–water partition coefficient (Wildman–Crippen LogP) is 5.26. The number of phenolic OH excluding ortho intramolecular Hbond substituents is 1. The molecule has 0 radical (unpaired) electrons. The first-order valence-corrected chi connectivity index (χ1v) is 10.9. The third kappa shape index (κ3) is 3.39. The number of halogens is 1. The standard InChI is InChI=1S/C25H26FNO4/c1-14-10-18(2-4-21(14)26)27-22-5-3-19(28)13-20(22)23(16-11-17(12-16)25(29)30)24(27)15-6-8-31-9-7-15/h2-5,10,13,15-17,28H,6-9,11-12H2,1H3,(H,29,30). The number of nitrogens with zero attached hydrogens (tertiary/aromatic N) is 1. The molecular formula is C25H26FNO4. The van der Waals surface area contributed by atoms with E-state index in [9.17, 15) is 19.4 Å². The highest BCUT2D eigenvalue weighted by atomic mass is 19.1. The van der Waals surface area contributed by atoms with Gasteiger partial charge in [-0.2, -0.15) is 0 Å². The largest absolute Gasteiger partial charge is 0.508 e. The van der Waals surface area contributed by atoms with Gasteiger partial charge in [-0.15, -0.1) is 0 Å². The molecule has 0 spiro atoms. The molecule has 2 aliphatic rings. The molecule has 1 aliphatic heterocycles. The van der Waals surface area contributed by atoms with Crippen LogP contribution in [0.15, 0.2) is 36.4 Å². The molecule has 162 valence electrons. The number of aromatic hydroxyl groups is 1. The van der Waals surface area contributed by atoms with E-state index in [-0.39, 0.29) is 29.3 Å². The zero-order chi connectivity index (χ0) is 21.7. The number of carbonyl (C=O) groups is 1. The van der Waals surface area contributed by atoms with Gasteiger partial charge in [0.25, 0.3) is 0 Å². The molecule has 2 heterocycles. The monoisotopic (exact) mass is 423 g/mol. The second-order valence-electron chi connectivity index (χ2n) is 8.86. The third-order valence-corrected chi connectivity index (χ3v) is 6.93. The molecule has 3 aromatic rings. The molecule has 2 N–H and O–H groups in total. The summed E-state index contributed by atoms with van der Waals surface area (Å²) in [6.45, 7) is 3.12. The normalized spacial score (nSPS) is 21.9. The topological polar surface area (TPSA) is 71.7 Å². The maximum Gasteiger partial charge on any atom is 0.306 e. The van der Waals surface area contributed by atoms with Gasteiger partial charge < -0.3 is 19.5 Å². The number of benzene rings is 2. The summed E-state index contributed by atoms with van der Waals surface area (Å²) >= 11 is 0. The Hall–Kier alpha value is -2.86. The highest BCUT2D eigenvalue weighted by Crippen LogP contribution is 2.50. The van der Waals surface area contributed by atoms with E-state index in [1.807, 2.05) is 12.1 Å². The van der Waals surface area contributed by atoms with E-state index < -0.39 is 5.97 Å². The first kappa shape index (κ1) is 20.1. The summed E-state index contributed by atoms with van der Waals surface area (Å²) in [5.74, 6) is -0.734. The Bertz CT molecular complexity index is 1160. The smallest absolute Gasteiger partial charge is 0.306 e. The average Bonchev–Trinajstić information content (AvgIpc) is 3.03. The Kier molecular flexibility index (Phi) is 4.97.